The van der Waals surface area contributed by atoms with E-state index in [-0.39, 0.29) is 24.0 Å². The van der Waals surface area contributed by atoms with E-state index in [4.69, 9.17) is 5.73 Å². The van der Waals surface area contributed by atoms with Crippen LogP contribution in [0.15, 0.2) is 41.7 Å². The van der Waals surface area contributed by atoms with Crippen molar-refractivity contribution in [2.45, 2.75) is 13.0 Å². The lowest BCUT2D eigenvalue weighted by atomic mass is 10.3. The molecule has 0 bridgehead atoms. The van der Waals surface area contributed by atoms with Gasteiger partial charge in [-0.15, -0.1) is 24.0 Å². The zero-order valence-electron chi connectivity index (χ0n) is 10.4. The largest absolute Gasteiger partial charge is 0.370 e. The number of pyridine rings is 1. The van der Waals surface area contributed by atoms with Crippen molar-refractivity contribution >= 4 is 29.9 Å². The Kier molecular flexibility index (Phi) is 6.86. The molecule has 0 unspecified atom stereocenters. The van der Waals surface area contributed by atoms with Gasteiger partial charge in [0.25, 0.3) is 0 Å². The summed E-state index contributed by atoms with van der Waals surface area (Å²) in [5, 5.41) is 9.71. The second kappa shape index (κ2) is 8.46. The Balaban J connectivity index is 0.00000180. The SMILES string of the molecule is I.NC(=NCc1ccn[nH]1)NCCc1ccccn1. The van der Waals surface area contributed by atoms with Crippen molar-refractivity contribution in [3.8, 4) is 0 Å². The van der Waals surface area contributed by atoms with E-state index in [0.717, 1.165) is 24.4 Å². The van der Waals surface area contributed by atoms with Crippen LogP contribution in [0.25, 0.3) is 0 Å². The number of nitrogens with zero attached hydrogens (tertiary/aromatic N) is 3. The molecule has 4 N–H and O–H groups in total. The standard InChI is InChI=1S/C12H16N6.HI/c13-12(16-9-11-5-8-17-18-11)15-7-4-10-3-1-2-6-14-10;/h1-3,5-6,8H,4,7,9H2,(H,17,18)(H3,13,15,16);1H. The van der Waals surface area contributed by atoms with Crippen molar-refractivity contribution in [3.63, 3.8) is 0 Å². The predicted octanol–water partition coefficient (Wildman–Crippen LogP) is 1.07. The maximum atomic E-state index is 5.74. The van der Waals surface area contributed by atoms with Gasteiger partial charge in [-0.25, -0.2) is 4.99 Å². The average molecular weight is 372 g/mol. The number of nitrogens with two attached hydrogens (primary N) is 1. The van der Waals surface area contributed by atoms with E-state index in [1.807, 2.05) is 24.3 Å². The van der Waals surface area contributed by atoms with Crippen LogP contribution in [0.5, 0.6) is 0 Å². The highest BCUT2D eigenvalue weighted by molar-refractivity contribution is 14.0. The molecule has 6 nitrogen and oxygen atoms in total. The monoisotopic (exact) mass is 372 g/mol. The summed E-state index contributed by atoms with van der Waals surface area (Å²) in [6.45, 7) is 1.22. The molecule has 0 amide bonds. The van der Waals surface area contributed by atoms with Gasteiger partial charge in [0.15, 0.2) is 5.96 Å². The smallest absolute Gasteiger partial charge is 0.188 e. The van der Waals surface area contributed by atoms with Crippen LogP contribution in [0.4, 0.5) is 0 Å². The second-order valence-corrected chi connectivity index (χ2v) is 3.78. The highest BCUT2D eigenvalue weighted by Gasteiger charge is 1.95. The van der Waals surface area contributed by atoms with E-state index >= 15 is 0 Å². The molecule has 0 aromatic carbocycles. The number of hydrogen-bond donors (Lipinski definition) is 3. The number of guanidine groups is 1. The molecule has 0 aliphatic carbocycles. The molecule has 0 saturated heterocycles. The first-order valence-electron chi connectivity index (χ1n) is 5.76. The fourth-order valence-electron chi connectivity index (χ4n) is 1.46. The summed E-state index contributed by atoms with van der Waals surface area (Å²) in [5.74, 6) is 0.431. The lowest BCUT2D eigenvalue weighted by molar-refractivity contribution is 0.824. The van der Waals surface area contributed by atoms with Crippen molar-refractivity contribution in [2.24, 2.45) is 10.7 Å². The number of H-pyrrole nitrogens is 1. The zero-order chi connectivity index (χ0) is 12.6. The molecule has 19 heavy (non-hydrogen) atoms. The highest BCUT2D eigenvalue weighted by Crippen LogP contribution is 1.94. The summed E-state index contributed by atoms with van der Waals surface area (Å²) in [7, 11) is 0. The van der Waals surface area contributed by atoms with E-state index in [1.54, 1.807) is 12.4 Å². The zero-order valence-corrected chi connectivity index (χ0v) is 12.7. The number of hydrogen-bond acceptors (Lipinski definition) is 3. The molecule has 0 fully saturated rings. The maximum Gasteiger partial charge on any atom is 0.188 e. The fraction of sp³-hybridized carbons (Fsp3) is 0.250. The van der Waals surface area contributed by atoms with Crippen molar-refractivity contribution in [3.05, 3.63) is 48.0 Å². The average Bonchev–Trinajstić information content (AvgIpc) is 2.91. The van der Waals surface area contributed by atoms with Crippen molar-refractivity contribution in [1.82, 2.24) is 20.5 Å². The maximum absolute atomic E-state index is 5.74. The topological polar surface area (TPSA) is 92.0 Å². The number of aromatic amines is 1. The minimum atomic E-state index is 0. The first kappa shape index (κ1) is 15.4. The van der Waals surface area contributed by atoms with Crippen LogP contribution in [-0.4, -0.2) is 27.7 Å². The van der Waals surface area contributed by atoms with Gasteiger partial charge in [0, 0.05) is 31.1 Å². The Hall–Kier alpha value is -1.64. The summed E-state index contributed by atoms with van der Waals surface area (Å²) in [6, 6.07) is 7.72. The minimum Gasteiger partial charge on any atom is -0.370 e. The molecule has 0 saturated carbocycles. The number of rotatable bonds is 5. The summed E-state index contributed by atoms with van der Waals surface area (Å²) in [6.07, 6.45) is 4.29. The van der Waals surface area contributed by atoms with Crippen LogP contribution in [0.1, 0.15) is 11.4 Å². The molecule has 2 aromatic heterocycles. The van der Waals surface area contributed by atoms with Gasteiger partial charge in [0.1, 0.15) is 0 Å². The number of nitrogens with one attached hydrogen (secondary N) is 2. The third-order valence-corrected chi connectivity index (χ3v) is 2.39. The Morgan fingerprint density at radius 3 is 2.89 bits per heavy atom. The van der Waals surface area contributed by atoms with Gasteiger partial charge in [-0.05, 0) is 18.2 Å². The molecular formula is C12H17IN6. The summed E-state index contributed by atoms with van der Waals surface area (Å²) < 4.78 is 0. The molecular weight excluding hydrogens is 355 g/mol. The minimum absolute atomic E-state index is 0. The van der Waals surface area contributed by atoms with Crippen molar-refractivity contribution < 1.29 is 0 Å². The van der Waals surface area contributed by atoms with Crippen molar-refractivity contribution in [2.75, 3.05) is 6.54 Å². The Morgan fingerprint density at radius 2 is 2.21 bits per heavy atom. The number of halogens is 1. The molecule has 0 aliphatic rings. The predicted molar refractivity (Wildman–Crippen MR) is 85.3 cm³/mol. The summed E-state index contributed by atoms with van der Waals surface area (Å²) in [4.78, 5) is 8.42. The van der Waals surface area contributed by atoms with E-state index in [2.05, 4.69) is 25.5 Å². The molecule has 102 valence electrons. The van der Waals surface area contributed by atoms with Crippen LogP contribution >= 0.6 is 24.0 Å². The quantitative estimate of drug-likeness (QED) is 0.416. The first-order valence-corrected chi connectivity index (χ1v) is 5.76. The van der Waals surface area contributed by atoms with Gasteiger partial charge in [-0.1, -0.05) is 6.07 Å². The van der Waals surface area contributed by atoms with Gasteiger partial charge in [0.2, 0.25) is 0 Å². The second-order valence-electron chi connectivity index (χ2n) is 3.78. The lowest BCUT2D eigenvalue weighted by Gasteiger charge is -2.04. The van der Waals surface area contributed by atoms with Crippen molar-refractivity contribution in [1.29, 1.82) is 0 Å². The summed E-state index contributed by atoms with van der Waals surface area (Å²) >= 11 is 0. The van der Waals surface area contributed by atoms with E-state index in [1.165, 1.54) is 0 Å². The van der Waals surface area contributed by atoms with E-state index < -0.39 is 0 Å². The van der Waals surface area contributed by atoms with Gasteiger partial charge < -0.3 is 11.1 Å². The van der Waals surface area contributed by atoms with E-state index in [0.29, 0.717) is 12.5 Å². The third-order valence-electron chi connectivity index (χ3n) is 2.39. The van der Waals surface area contributed by atoms with Crippen LogP contribution in [0.2, 0.25) is 0 Å². The molecule has 0 spiro atoms. The Morgan fingerprint density at radius 1 is 1.32 bits per heavy atom. The van der Waals surface area contributed by atoms with Gasteiger partial charge in [-0.2, -0.15) is 5.10 Å². The van der Waals surface area contributed by atoms with Gasteiger partial charge >= 0.3 is 0 Å². The molecule has 0 atom stereocenters. The van der Waals surface area contributed by atoms with E-state index in [9.17, 15) is 0 Å². The molecule has 2 aromatic rings. The Labute approximate surface area is 128 Å². The Bertz CT molecular complexity index is 482. The highest BCUT2D eigenvalue weighted by atomic mass is 127. The van der Waals surface area contributed by atoms with Crippen LogP contribution < -0.4 is 11.1 Å². The summed E-state index contributed by atoms with van der Waals surface area (Å²) in [5.41, 5.74) is 7.71. The van der Waals surface area contributed by atoms with Crippen LogP contribution in [0, 0.1) is 0 Å². The van der Waals surface area contributed by atoms with Gasteiger partial charge in [-0.3, -0.25) is 10.1 Å². The lowest BCUT2D eigenvalue weighted by Crippen LogP contribution is -2.33. The third kappa shape index (κ3) is 5.69. The molecule has 2 heterocycles. The number of aliphatic imine (C=N–C) groups is 1. The molecule has 0 aliphatic heterocycles. The fourth-order valence-corrected chi connectivity index (χ4v) is 1.46. The first-order chi connectivity index (χ1) is 8.84. The molecule has 2 rings (SSSR count). The molecule has 7 heteroatoms. The van der Waals surface area contributed by atoms with Crippen LogP contribution in [-0.2, 0) is 13.0 Å². The normalized spacial score (nSPS) is 10.8. The number of aromatic nitrogens is 3. The molecule has 0 radical (unpaired) electrons. The van der Waals surface area contributed by atoms with Crippen LogP contribution in [0.3, 0.4) is 0 Å². The van der Waals surface area contributed by atoms with Gasteiger partial charge in [0.05, 0.1) is 12.2 Å².